The van der Waals surface area contributed by atoms with Crippen molar-refractivity contribution in [3.05, 3.63) is 108 Å². The van der Waals surface area contributed by atoms with Crippen molar-refractivity contribution in [1.82, 2.24) is 0 Å². The van der Waals surface area contributed by atoms with Crippen LogP contribution in [0.1, 0.15) is 21.5 Å². The number of rotatable bonds is 10. The molecule has 35 heavy (non-hydrogen) atoms. The Morgan fingerprint density at radius 1 is 0.800 bits per heavy atom. The topological polar surface area (TPSA) is 83.5 Å². The van der Waals surface area contributed by atoms with Crippen molar-refractivity contribution in [1.29, 1.82) is 0 Å². The van der Waals surface area contributed by atoms with E-state index in [1.165, 1.54) is 7.11 Å². The van der Waals surface area contributed by atoms with Crippen LogP contribution in [-0.4, -0.2) is 55.5 Å². The quantitative estimate of drug-likeness (QED) is 0.445. The molecule has 0 radical (unpaired) electrons. The van der Waals surface area contributed by atoms with Gasteiger partial charge in [0.2, 0.25) is 0 Å². The monoisotopic (exact) mass is 478 g/mol. The van der Waals surface area contributed by atoms with Crippen LogP contribution in [0.25, 0.3) is 0 Å². The first-order valence-electron chi connectivity index (χ1n) is 11.5. The first-order valence-corrected chi connectivity index (χ1v) is 11.5. The number of hydrogen-bond acceptors (Lipinski definition) is 7. The molecule has 0 saturated carbocycles. The Balaban J connectivity index is 1.47. The zero-order valence-electron chi connectivity index (χ0n) is 19.6. The summed E-state index contributed by atoms with van der Waals surface area (Å²) < 4.78 is 29.3. The Labute approximate surface area is 205 Å². The highest BCUT2D eigenvalue weighted by Gasteiger charge is 2.47. The van der Waals surface area contributed by atoms with Crippen molar-refractivity contribution >= 4 is 5.97 Å². The number of aliphatic hydroxyl groups is 1. The van der Waals surface area contributed by atoms with Gasteiger partial charge >= 0.3 is 5.97 Å². The molecule has 1 aliphatic heterocycles. The third kappa shape index (κ3) is 6.75. The highest BCUT2D eigenvalue weighted by molar-refractivity contribution is 5.89. The lowest BCUT2D eigenvalue weighted by Crippen LogP contribution is -2.60. The number of carbonyl (C=O) groups is 1. The summed E-state index contributed by atoms with van der Waals surface area (Å²) in [5.74, 6) is -0.500. The minimum atomic E-state index is -1.12. The van der Waals surface area contributed by atoms with Crippen molar-refractivity contribution in [3.63, 3.8) is 0 Å². The predicted octanol–water partition coefficient (Wildman–Crippen LogP) is 3.75. The van der Waals surface area contributed by atoms with Crippen LogP contribution < -0.4 is 0 Å². The summed E-state index contributed by atoms with van der Waals surface area (Å²) >= 11 is 0. The van der Waals surface area contributed by atoms with Gasteiger partial charge in [0.15, 0.2) is 6.29 Å². The average Bonchev–Trinajstić information content (AvgIpc) is 2.92. The summed E-state index contributed by atoms with van der Waals surface area (Å²) in [7, 11) is 1.50. The van der Waals surface area contributed by atoms with Gasteiger partial charge < -0.3 is 28.8 Å². The third-order valence-electron chi connectivity index (χ3n) is 5.81. The van der Waals surface area contributed by atoms with Crippen molar-refractivity contribution < 1.29 is 33.6 Å². The van der Waals surface area contributed by atoms with Crippen LogP contribution in [0.15, 0.2) is 91.0 Å². The maximum atomic E-state index is 12.4. The van der Waals surface area contributed by atoms with E-state index in [2.05, 4.69) is 0 Å². The number of carbonyl (C=O) groups excluding carboxylic acids is 1. The van der Waals surface area contributed by atoms with E-state index in [0.29, 0.717) is 12.2 Å². The first-order chi connectivity index (χ1) is 17.2. The van der Waals surface area contributed by atoms with Gasteiger partial charge in [-0.15, -0.1) is 0 Å². The van der Waals surface area contributed by atoms with Gasteiger partial charge in [0.05, 0.1) is 18.8 Å². The van der Waals surface area contributed by atoms with E-state index in [1.807, 2.05) is 66.7 Å². The van der Waals surface area contributed by atoms with Crippen molar-refractivity contribution in [3.8, 4) is 0 Å². The maximum absolute atomic E-state index is 12.4. The minimum absolute atomic E-state index is 0.161. The summed E-state index contributed by atoms with van der Waals surface area (Å²) in [4.78, 5) is 12.4. The molecule has 3 aromatic rings. The summed E-state index contributed by atoms with van der Waals surface area (Å²) in [6.07, 6.45) is -4.29. The molecule has 0 aliphatic carbocycles. The van der Waals surface area contributed by atoms with E-state index >= 15 is 0 Å². The Bertz CT molecular complexity index is 1030. The predicted molar refractivity (Wildman–Crippen MR) is 128 cm³/mol. The molecule has 0 bridgehead atoms. The fraction of sp³-hybridized carbons (Fsp3) is 0.321. The van der Waals surface area contributed by atoms with Gasteiger partial charge in [-0.2, -0.15) is 0 Å². The molecule has 1 aliphatic rings. The molecule has 1 N–H and O–H groups in total. The molecule has 7 heteroatoms. The average molecular weight is 479 g/mol. The second-order valence-electron chi connectivity index (χ2n) is 8.26. The normalized spacial score (nSPS) is 24.1. The van der Waals surface area contributed by atoms with Crippen LogP contribution >= 0.6 is 0 Å². The zero-order valence-corrected chi connectivity index (χ0v) is 19.6. The Hall–Kier alpha value is -3.07. The van der Waals surface area contributed by atoms with Crippen LogP contribution in [0.3, 0.4) is 0 Å². The lowest BCUT2D eigenvalue weighted by Gasteiger charge is -2.43. The molecule has 0 spiro atoms. The molecule has 0 amide bonds. The Morgan fingerprint density at radius 2 is 1.31 bits per heavy atom. The summed E-state index contributed by atoms with van der Waals surface area (Å²) in [6.45, 7) is 0.395. The summed E-state index contributed by atoms with van der Waals surface area (Å²) in [5.41, 5.74) is 2.34. The molecule has 1 heterocycles. The molecule has 1 fully saturated rings. The van der Waals surface area contributed by atoms with Crippen LogP contribution in [0.2, 0.25) is 0 Å². The lowest BCUT2D eigenvalue weighted by molar-refractivity contribution is -0.313. The molecule has 0 unspecified atom stereocenters. The highest BCUT2D eigenvalue weighted by atomic mass is 16.7. The van der Waals surface area contributed by atoms with Crippen molar-refractivity contribution in [2.24, 2.45) is 0 Å². The number of ether oxygens (including phenoxy) is 5. The van der Waals surface area contributed by atoms with Crippen LogP contribution in [0, 0.1) is 0 Å². The van der Waals surface area contributed by atoms with Crippen molar-refractivity contribution in [2.45, 2.75) is 43.9 Å². The van der Waals surface area contributed by atoms with Crippen LogP contribution in [0.5, 0.6) is 0 Å². The van der Waals surface area contributed by atoms with Gasteiger partial charge in [0, 0.05) is 7.11 Å². The van der Waals surface area contributed by atoms with Gasteiger partial charge in [-0.1, -0.05) is 78.9 Å². The summed E-state index contributed by atoms with van der Waals surface area (Å²) in [5, 5.41) is 11.2. The van der Waals surface area contributed by atoms with Crippen LogP contribution in [-0.2, 0) is 36.9 Å². The van der Waals surface area contributed by atoms with Crippen molar-refractivity contribution in [2.75, 3.05) is 13.7 Å². The number of hydrogen-bond donors (Lipinski definition) is 1. The fourth-order valence-corrected chi connectivity index (χ4v) is 3.93. The smallest absolute Gasteiger partial charge is 0.338 e. The van der Waals surface area contributed by atoms with E-state index in [0.717, 1.165) is 11.1 Å². The van der Waals surface area contributed by atoms with E-state index in [9.17, 15) is 9.90 Å². The second-order valence-corrected chi connectivity index (χ2v) is 8.26. The van der Waals surface area contributed by atoms with Gasteiger partial charge in [0.25, 0.3) is 0 Å². The van der Waals surface area contributed by atoms with Gasteiger partial charge in [0.1, 0.15) is 31.0 Å². The molecule has 1 saturated heterocycles. The number of methoxy groups -OCH3 is 1. The van der Waals surface area contributed by atoms with E-state index in [4.69, 9.17) is 23.7 Å². The number of esters is 1. The zero-order chi connectivity index (χ0) is 24.5. The fourth-order valence-electron chi connectivity index (χ4n) is 3.93. The SMILES string of the molecule is CO[C@@H]1O[C@H](COC(=O)c2ccccc2)[C@@H](O)[C@H](OCc2ccccc2)[C@@H]1OCc1ccccc1. The lowest BCUT2D eigenvalue weighted by atomic mass is 9.98. The molecular weight excluding hydrogens is 448 g/mol. The molecule has 0 aromatic heterocycles. The van der Waals surface area contributed by atoms with Gasteiger partial charge in [-0.3, -0.25) is 0 Å². The van der Waals surface area contributed by atoms with E-state index < -0.39 is 36.7 Å². The van der Waals surface area contributed by atoms with Gasteiger partial charge in [-0.05, 0) is 23.3 Å². The molecule has 3 aromatic carbocycles. The van der Waals surface area contributed by atoms with Crippen LogP contribution in [0.4, 0.5) is 0 Å². The summed E-state index contributed by atoms with van der Waals surface area (Å²) in [6, 6.07) is 28.0. The number of benzene rings is 3. The molecule has 7 nitrogen and oxygen atoms in total. The molecule has 184 valence electrons. The van der Waals surface area contributed by atoms with E-state index in [1.54, 1.807) is 24.3 Å². The molecular formula is C28H30O7. The second kappa shape index (κ2) is 12.6. The Kier molecular flexibility index (Phi) is 9.00. The highest BCUT2D eigenvalue weighted by Crippen LogP contribution is 2.28. The molecule has 5 atom stereocenters. The maximum Gasteiger partial charge on any atom is 0.338 e. The first kappa shape index (κ1) is 25.0. The third-order valence-corrected chi connectivity index (χ3v) is 5.81. The number of aliphatic hydroxyl groups excluding tert-OH is 1. The van der Waals surface area contributed by atoms with E-state index in [-0.39, 0.29) is 13.2 Å². The standard InChI is InChI=1S/C28H30O7/c1-31-28-26(33-18-21-13-7-3-8-14-21)25(32-17-20-11-5-2-6-12-20)24(29)23(35-28)19-34-27(30)22-15-9-4-10-16-22/h2-16,23-26,28-29H,17-19H2,1H3/t23-,24-,25+,26+,28-/m1/s1. The Morgan fingerprint density at radius 3 is 1.86 bits per heavy atom. The molecule has 4 rings (SSSR count). The van der Waals surface area contributed by atoms with Gasteiger partial charge in [-0.25, -0.2) is 4.79 Å². The minimum Gasteiger partial charge on any atom is -0.459 e. The largest absolute Gasteiger partial charge is 0.459 e.